The van der Waals surface area contributed by atoms with E-state index >= 15 is 0 Å². The molecule has 56 valence electrons. The Bertz CT molecular complexity index is 174. The molecule has 2 aliphatic carbocycles. The predicted octanol–water partition coefficient (Wildman–Crippen LogP) is 1.72. The number of aliphatic hydroxyl groups excluding tert-OH is 1. The van der Waals surface area contributed by atoms with Gasteiger partial charge in [0.2, 0.25) is 0 Å². The van der Waals surface area contributed by atoms with Crippen LogP contribution < -0.4 is 0 Å². The summed E-state index contributed by atoms with van der Waals surface area (Å²) in [6.45, 7) is 2.22. The van der Waals surface area contributed by atoms with Crippen LogP contribution in [0.5, 0.6) is 0 Å². The van der Waals surface area contributed by atoms with Gasteiger partial charge in [-0.05, 0) is 30.6 Å². The van der Waals surface area contributed by atoms with Crippen LogP contribution in [-0.2, 0) is 0 Å². The summed E-state index contributed by atoms with van der Waals surface area (Å²) in [7, 11) is 0. The lowest BCUT2D eigenvalue weighted by Crippen LogP contribution is -2.47. The minimum Gasteiger partial charge on any atom is -0.393 e. The van der Waals surface area contributed by atoms with Crippen LogP contribution in [0.2, 0.25) is 0 Å². The summed E-state index contributed by atoms with van der Waals surface area (Å²) in [5, 5.41) is 9.37. The molecular weight excluding hydrogens is 124 g/mol. The van der Waals surface area contributed by atoms with Gasteiger partial charge in [-0.1, -0.05) is 19.1 Å². The summed E-state index contributed by atoms with van der Waals surface area (Å²) in [6.07, 6.45) is 7.84. The smallest absolute Gasteiger partial charge is 0.0588 e. The molecule has 0 radical (unpaired) electrons. The largest absolute Gasteiger partial charge is 0.393 e. The fraction of sp³-hybridized carbons (Fsp3) is 0.778. The topological polar surface area (TPSA) is 20.2 Å². The van der Waals surface area contributed by atoms with Crippen molar-refractivity contribution >= 4 is 0 Å². The first kappa shape index (κ1) is 6.41. The van der Waals surface area contributed by atoms with Crippen LogP contribution in [0.1, 0.15) is 26.2 Å². The third-order valence-electron chi connectivity index (χ3n) is 3.29. The van der Waals surface area contributed by atoms with Crippen LogP contribution in [0.15, 0.2) is 12.2 Å². The van der Waals surface area contributed by atoms with E-state index in [2.05, 4.69) is 19.1 Å². The third-order valence-corrected chi connectivity index (χ3v) is 3.29. The second-order valence-corrected chi connectivity index (χ2v) is 3.60. The molecule has 1 fully saturated rings. The van der Waals surface area contributed by atoms with Gasteiger partial charge in [0.25, 0.3) is 0 Å². The van der Waals surface area contributed by atoms with Crippen LogP contribution in [0, 0.1) is 11.3 Å². The third kappa shape index (κ3) is 0.567. The number of aliphatic hydroxyl groups is 1. The predicted molar refractivity (Wildman–Crippen MR) is 40.6 cm³/mol. The lowest BCUT2D eigenvalue weighted by molar-refractivity contribution is -0.0706. The molecule has 10 heavy (non-hydrogen) atoms. The fourth-order valence-corrected chi connectivity index (χ4v) is 2.46. The normalized spacial score (nSPS) is 50.6. The Hall–Kier alpha value is -0.300. The molecule has 0 aromatic rings. The van der Waals surface area contributed by atoms with Gasteiger partial charge in [0.05, 0.1) is 6.10 Å². The van der Waals surface area contributed by atoms with Crippen molar-refractivity contribution in [3.63, 3.8) is 0 Å². The molecule has 1 N–H and O–H groups in total. The highest BCUT2D eigenvalue weighted by Gasteiger charge is 2.51. The maximum absolute atomic E-state index is 9.37. The summed E-state index contributed by atoms with van der Waals surface area (Å²) >= 11 is 0. The van der Waals surface area contributed by atoms with Crippen molar-refractivity contribution in [2.24, 2.45) is 11.3 Å². The first-order chi connectivity index (χ1) is 4.78. The van der Waals surface area contributed by atoms with Gasteiger partial charge in [-0.15, -0.1) is 0 Å². The highest BCUT2D eigenvalue weighted by atomic mass is 16.3. The van der Waals surface area contributed by atoms with E-state index in [0.29, 0.717) is 11.3 Å². The van der Waals surface area contributed by atoms with Crippen molar-refractivity contribution in [2.45, 2.75) is 32.3 Å². The summed E-state index contributed by atoms with van der Waals surface area (Å²) in [4.78, 5) is 0. The quantitative estimate of drug-likeness (QED) is 0.547. The molecule has 2 rings (SSSR count). The minimum atomic E-state index is -0.00468. The molecule has 3 unspecified atom stereocenters. The Morgan fingerprint density at radius 2 is 2.50 bits per heavy atom. The van der Waals surface area contributed by atoms with Crippen molar-refractivity contribution in [1.29, 1.82) is 0 Å². The molecule has 0 spiro atoms. The van der Waals surface area contributed by atoms with E-state index in [-0.39, 0.29) is 6.10 Å². The zero-order chi connectivity index (χ0) is 7.19. The Morgan fingerprint density at radius 1 is 1.70 bits per heavy atom. The second-order valence-electron chi connectivity index (χ2n) is 3.60. The molecule has 0 aromatic heterocycles. The Labute approximate surface area is 61.8 Å². The molecule has 0 aliphatic heterocycles. The zero-order valence-corrected chi connectivity index (χ0v) is 6.38. The fourth-order valence-electron chi connectivity index (χ4n) is 2.46. The van der Waals surface area contributed by atoms with Crippen molar-refractivity contribution in [3.8, 4) is 0 Å². The van der Waals surface area contributed by atoms with E-state index in [1.165, 1.54) is 6.42 Å². The van der Waals surface area contributed by atoms with Gasteiger partial charge in [0.1, 0.15) is 0 Å². The molecule has 0 aromatic carbocycles. The van der Waals surface area contributed by atoms with Gasteiger partial charge in [-0.2, -0.15) is 0 Å². The Balaban J connectivity index is 2.17. The Kier molecular flexibility index (Phi) is 1.19. The van der Waals surface area contributed by atoms with E-state index in [9.17, 15) is 5.11 Å². The van der Waals surface area contributed by atoms with E-state index in [4.69, 9.17) is 0 Å². The maximum atomic E-state index is 9.37. The van der Waals surface area contributed by atoms with Gasteiger partial charge >= 0.3 is 0 Å². The molecular formula is C9H14O. The van der Waals surface area contributed by atoms with Crippen LogP contribution >= 0.6 is 0 Å². The van der Waals surface area contributed by atoms with Gasteiger partial charge < -0.3 is 5.11 Å². The average Bonchev–Trinajstić information content (AvgIpc) is 2.26. The van der Waals surface area contributed by atoms with Crippen LogP contribution in [0.3, 0.4) is 0 Å². The molecule has 1 saturated carbocycles. The molecule has 1 heteroatoms. The highest BCUT2D eigenvalue weighted by molar-refractivity contribution is 5.19. The zero-order valence-electron chi connectivity index (χ0n) is 6.38. The lowest BCUT2D eigenvalue weighted by atomic mass is 9.59. The minimum absolute atomic E-state index is 0.00468. The number of rotatable bonds is 1. The number of hydrogen-bond acceptors (Lipinski definition) is 1. The summed E-state index contributed by atoms with van der Waals surface area (Å²) < 4.78 is 0. The number of allylic oxidation sites excluding steroid dienone is 2. The number of hydrogen-bond donors (Lipinski definition) is 1. The van der Waals surface area contributed by atoms with Crippen molar-refractivity contribution in [3.05, 3.63) is 12.2 Å². The van der Waals surface area contributed by atoms with Gasteiger partial charge in [-0.3, -0.25) is 0 Å². The van der Waals surface area contributed by atoms with Crippen LogP contribution in [-0.4, -0.2) is 11.2 Å². The standard InChI is InChI=1S/C9H14O/c1-2-9-5-3-4-7(9)8(10)6-9/h3,5,7-8,10H,2,4,6H2,1H3. The first-order valence-corrected chi connectivity index (χ1v) is 4.14. The Morgan fingerprint density at radius 3 is 3.00 bits per heavy atom. The van der Waals surface area contributed by atoms with E-state index in [1.54, 1.807) is 0 Å². The number of fused-ring (bicyclic) bond motifs is 1. The monoisotopic (exact) mass is 138 g/mol. The highest BCUT2D eigenvalue weighted by Crippen LogP contribution is 2.55. The van der Waals surface area contributed by atoms with E-state index in [1.807, 2.05) is 0 Å². The second kappa shape index (κ2) is 1.85. The average molecular weight is 138 g/mol. The van der Waals surface area contributed by atoms with Crippen molar-refractivity contribution in [2.75, 3.05) is 0 Å². The maximum Gasteiger partial charge on any atom is 0.0588 e. The van der Waals surface area contributed by atoms with E-state index < -0.39 is 0 Å². The van der Waals surface area contributed by atoms with E-state index in [0.717, 1.165) is 12.8 Å². The summed E-state index contributed by atoms with van der Waals surface area (Å²) in [5.41, 5.74) is 0.416. The summed E-state index contributed by atoms with van der Waals surface area (Å²) in [6, 6.07) is 0. The molecule has 1 nitrogen and oxygen atoms in total. The first-order valence-electron chi connectivity index (χ1n) is 4.14. The molecule has 3 atom stereocenters. The molecule has 2 aliphatic rings. The van der Waals surface area contributed by atoms with Crippen LogP contribution in [0.25, 0.3) is 0 Å². The van der Waals surface area contributed by atoms with Gasteiger partial charge in [-0.25, -0.2) is 0 Å². The molecule has 0 bridgehead atoms. The SMILES string of the molecule is CCC12C=CCC1C(O)C2. The van der Waals surface area contributed by atoms with Gasteiger partial charge in [0.15, 0.2) is 0 Å². The molecule has 0 amide bonds. The van der Waals surface area contributed by atoms with Crippen LogP contribution in [0.4, 0.5) is 0 Å². The van der Waals surface area contributed by atoms with Crippen molar-refractivity contribution in [1.82, 2.24) is 0 Å². The lowest BCUT2D eigenvalue weighted by Gasteiger charge is -2.48. The summed E-state index contributed by atoms with van der Waals surface area (Å²) in [5.74, 6) is 0.567. The van der Waals surface area contributed by atoms with Gasteiger partial charge in [0, 0.05) is 0 Å². The molecule has 0 saturated heterocycles. The van der Waals surface area contributed by atoms with Crippen molar-refractivity contribution < 1.29 is 5.11 Å². The molecule has 0 heterocycles.